The maximum Gasteiger partial charge on any atom is 0.225 e. The lowest BCUT2D eigenvalue weighted by atomic mass is 10.0. The highest BCUT2D eigenvalue weighted by atomic mass is 16.3. The minimum atomic E-state index is 0.347. The third kappa shape index (κ3) is 6.74. The Bertz CT molecular complexity index is 1090. The molecule has 1 aliphatic rings. The maximum absolute atomic E-state index is 11.1. The zero-order valence-corrected chi connectivity index (χ0v) is 20.9. The summed E-state index contributed by atoms with van der Waals surface area (Å²) in [5, 5.41) is 11.4. The molecule has 3 aromatic rings. The number of piperidine rings is 1. The number of hydrogen-bond acceptors (Lipinski definition) is 8. The molecule has 4 rings (SSSR count). The molecule has 0 aliphatic carbocycles. The van der Waals surface area contributed by atoms with Gasteiger partial charge in [0.05, 0.1) is 5.52 Å². The molecular formula is C27H37N7O. The van der Waals surface area contributed by atoms with Gasteiger partial charge in [-0.3, -0.25) is 4.90 Å². The lowest BCUT2D eigenvalue weighted by Gasteiger charge is -2.33. The van der Waals surface area contributed by atoms with Gasteiger partial charge in [-0.15, -0.1) is 4.91 Å². The topological polar surface area (TPSA) is 85.8 Å². The second-order valence-corrected chi connectivity index (χ2v) is 9.13. The Morgan fingerprint density at radius 3 is 2.54 bits per heavy atom. The molecule has 0 atom stereocenters. The highest BCUT2D eigenvalue weighted by molar-refractivity contribution is 5.90. The summed E-state index contributed by atoms with van der Waals surface area (Å²) >= 11 is 0. The Morgan fingerprint density at radius 1 is 1.03 bits per heavy atom. The van der Waals surface area contributed by atoms with Gasteiger partial charge in [0.25, 0.3) is 0 Å². The zero-order chi connectivity index (χ0) is 24.5. The fraction of sp³-hybridized carbons (Fsp3) is 0.481. The average molecular weight is 476 g/mol. The maximum atomic E-state index is 11.1. The van der Waals surface area contributed by atoms with E-state index in [-0.39, 0.29) is 0 Å². The van der Waals surface area contributed by atoms with Gasteiger partial charge in [-0.25, -0.2) is 4.98 Å². The van der Waals surface area contributed by atoms with Crippen LogP contribution in [0.25, 0.3) is 10.9 Å². The van der Waals surface area contributed by atoms with E-state index in [9.17, 15) is 4.91 Å². The van der Waals surface area contributed by atoms with E-state index >= 15 is 0 Å². The summed E-state index contributed by atoms with van der Waals surface area (Å²) in [4.78, 5) is 25.5. The summed E-state index contributed by atoms with van der Waals surface area (Å²) in [7, 11) is 0. The van der Waals surface area contributed by atoms with Crippen LogP contribution in [0.2, 0.25) is 0 Å². The molecule has 1 fully saturated rings. The van der Waals surface area contributed by atoms with Crippen LogP contribution in [0.3, 0.4) is 0 Å². The van der Waals surface area contributed by atoms with Crippen LogP contribution in [0, 0.1) is 4.91 Å². The largest absolute Gasteiger partial charge is 0.367 e. The zero-order valence-electron chi connectivity index (χ0n) is 20.9. The van der Waals surface area contributed by atoms with Gasteiger partial charge in [0.15, 0.2) is 0 Å². The van der Waals surface area contributed by atoms with E-state index in [0.717, 1.165) is 87.4 Å². The van der Waals surface area contributed by atoms with Crippen molar-refractivity contribution in [2.75, 3.05) is 49.9 Å². The highest BCUT2D eigenvalue weighted by Crippen LogP contribution is 2.26. The van der Waals surface area contributed by atoms with Crippen LogP contribution in [0.4, 0.5) is 17.5 Å². The Labute approximate surface area is 208 Å². The first kappa shape index (κ1) is 25.0. The van der Waals surface area contributed by atoms with E-state index < -0.39 is 0 Å². The van der Waals surface area contributed by atoms with Crippen molar-refractivity contribution < 1.29 is 0 Å². The second kappa shape index (κ2) is 12.6. The number of nitrogens with zero attached hydrogens (tertiary/aromatic N) is 5. The second-order valence-electron chi connectivity index (χ2n) is 9.13. The molecule has 1 aliphatic heterocycles. The molecule has 2 aromatic carbocycles. The van der Waals surface area contributed by atoms with E-state index in [1.807, 2.05) is 36.4 Å². The number of rotatable bonds is 12. The van der Waals surface area contributed by atoms with Crippen LogP contribution in [0.5, 0.6) is 0 Å². The van der Waals surface area contributed by atoms with Crippen LogP contribution in [0.15, 0.2) is 53.7 Å². The molecule has 8 heteroatoms. The fourth-order valence-electron chi connectivity index (χ4n) is 4.71. The Morgan fingerprint density at radius 2 is 1.77 bits per heavy atom. The standard InChI is InChI=1S/C27H37N7O/c1-3-33(4-2)17-9-16-28-27-30-25-13-8-6-11-23(25)26(31-27)29-22-14-18-34(19-15-22)20-21-10-5-7-12-24(21)32-35/h5-8,10-13,22H,3-4,9,14-20H2,1-2H3,(H2,28,29,30,31). The summed E-state index contributed by atoms with van der Waals surface area (Å²) in [5.41, 5.74) is 2.48. The summed E-state index contributed by atoms with van der Waals surface area (Å²) in [5.74, 6) is 1.58. The number of aromatic nitrogens is 2. The van der Waals surface area contributed by atoms with Crippen molar-refractivity contribution in [3.8, 4) is 0 Å². The lowest BCUT2D eigenvalue weighted by Crippen LogP contribution is -2.38. The number of para-hydroxylation sites is 1. The molecule has 1 aromatic heterocycles. The van der Waals surface area contributed by atoms with Gasteiger partial charge in [-0.2, -0.15) is 4.98 Å². The van der Waals surface area contributed by atoms with Crippen molar-refractivity contribution >= 4 is 28.4 Å². The summed E-state index contributed by atoms with van der Waals surface area (Å²) in [6.07, 6.45) is 3.09. The number of fused-ring (bicyclic) bond motifs is 1. The van der Waals surface area contributed by atoms with Crippen LogP contribution < -0.4 is 10.6 Å². The highest BCUT2D eigenvalue weighted by Gasteiger charge is 2.21. The van der Waals surface area contributed by atoms with E-state index in [4.69, 9.17) is 9.97 Å². The van der Waals surface area contributed by atoms with Gasteiger partial charge in [0.2, 0.25) is 5.95 Å². The predicted molar refractivity (Wildman–Crippen MR) is 144 cm³/mol. The first-order chi connectivity index (χ1) is 17.2. The lowest BCUT2D eigenvalue weighted by molar-refractivity contribution is 0.211. The molecule has 2 heterocycles. The summed E-state index contributed by atoms with van der Waals surface area (Å²) in [6.45, 7) is 11.2. The van der Waals surface area contributed by atoms with E-state index in [1.165, 1.54) is 0 Å². The van der Waals surface area contributed by atoms with Gasteiger partial charge in [-0.05, 0) is 67.8 Å². The van der Waals surface area contributed by atoms with Crippen molar-refractivity contribution in [2.24, 2.45) is 5.18 Å². The first-order valence-electron chi connectivity index (χ1n) is 12.8. The molecule has 0 saturated carbocycles. The van der Waals surface area contributed by atoms with Crippen LogP contribution in [-0.2, 0) is 6.54 Å². The normalized spacial score (nSPS) is 14.9. The smallest absolute Gasteiger partial charge is 0.225 e. The Kier molecular flexibility index (Phi) is 8.97. The molecule has 8 nitrogen and oxygen atoms in total. The quantitative estimate of drug-likeness (QED) is 0.273. The molecule has 0 radical (unpaired) electrons. The van der Waals surface area contributed by atoms with Crippen LogP contribution in [-0.4, -0.2) is 65.1 Å². The molecule has 35 heavy (non-hydrogen) atoms. The van der Waals surface area contributed by atoms with Crippen molar-refractivity contribution in [2.45, 2.75) is 45.7 Å². The Hall–Kier alpha value is -3.10. The van der Waals surface area contributed by atoms with E-state index in [0.29, 0.717) is 17.7 Å². The summed E-state index contributed by atoms with van der Waals surface area (Å²) in [6, 6.07) is 16.1. The molecule has 186 valence electrons. The monoisotopic (exact) mass is 475 g/mol. The van der Waals surface area contributed by atoms with E-state index in [1.54, 1.807) is 6.07 Å². The van der Waals surface area contributed by atoms with Gasteiger partial charge in [0.1, 0.15) is 11.5 Å². The van der Waals surface area contributed by atoms with Crippen LogP contribution in [0.1, 0.15) is 38.7 Å². The van der Waals surface area contributed by atoms with Crippen molar-refractivity contribution in [3.63, 3.8) is 0 Å². The summed E-state index contributed by atoms with van der Waals surface area (Å²) < 4.78 is 0. The SMILES string of the molecule is CCN(CC)CCCNc1nc(NC2CCN(Cc3ccccc3N=O)CC2)c2ccccc2n1. The minimum absolute atomic E-state index is 0.347. The minimum Gasteiger partial charge on any atom is -0.367 e. The number of nitroso groups, excluding NO2 is 1. The van der Waals surface area contributed by atoms with Gasteiger partial charge < -0.3 is 15.5 Å². The molecule has 1 saturated heterocycles. The predicted octanol–water partition coefficient (Wildman–Crippen LogP) is 5.25. The number of nitrogens with one attached hydrogen (secondary N) is 2. The van der Waals surface area contributed by atoms with Crippen molar-refractivity contribution in [1.29, 1.82) is 0 Å². The third-order valence-corrected chi connectivity index (χ3v) is 6.84. The van der Waals surface area contributed by atoms with Gasteiger partial charge >= 0.3 is 0 Å². The van der Waals surface area contributed by atoms with Gasteiger partial charge in [-0.1, -0.05) is 44.2 Å². The fourth-order valence-corrected chi connectivity index (χ4v) is 4.71. The molecular weight excluding hydrogens is 438 g/mol. The van der Waals surface area contributed by atoms with Gasteiger partial charge in [0, 0.05) is 37.6 Å². The van der Waals surface area contributed by atoms with Crippen molar-refractivity contribution in [3.05, 3.63) is 59.0 Å². The number of benzene rings is 2. The van der Waals surface area contributed by atoms with E-state index in [2.05, 4.69) is 45.5 Å². The number of hydrogen-bond donors (Lipinski definition) is 2. The third-order valence-electron chi connectivity index (χ3n) is 6.84. The van der Waals surface area contributed by atoms with Crippen LogP contribution >= 0.6 is 0 Å². The van der Waals surface area contributed by atoms with Crippen molar-refractivity contribution in [1.82, 2.24) is 19.8 Å². The molecule has 0 bridgehead atoms. The number of anilines is 2. The molecule has 0 unspecified atom stereocenters. The molecule has 2 N–H and O–H groups in total. The molecule has 0 amide bonds. The number of likely N-dealkylation sites (tertiary alicyclic amines) is 1. The average Bonchev–Trinajstić information content (AvgIpc) is 2.90. The molecule has 0 spiro atoms. The Balaban J connectivity index is 1.36. The first-order valence-corrected chi connectivity index (χ1v) is 12.8.